The second-order valence-electron chi connectivity index (χ2n) is 11.5. The molecule has 0 aliphatic carbocycles. The van der Waals surface area contributed by atoms with Crippen LogP contribution in [0.25, 0.3) is 0 Å². The first-order valence-corrected chi connectivity index (χ1v) is 16.1. The van der Waals surface area contributed by atoms with Crippen molar-refractivity contribution in [1.82, 2.24) is 0 Å². The second-order valence-corrected chi connectivity index (χ2v) is 16.5. The molecule has 0 bridgehead atoms. The van der Waals surface area contributed by atoms with Crippen LogP contribution >= 0.6 is 10.8 Å². The lowest BCUT2D eigenvalue weighted by Crippen LogP contribution is -2.44. The van der Waals surface area contributed by atoms with Gasteiger partial charge in [-0.3, -0.25) is 9.69 Å². The SMILES string of the molecule is COc1cc2c(cc1OC(=O)OC(C)(C)C)N(C(=O)OCC(C)(C)SS(C)(=O)=O)C[C@@H]1Cc3ccccc3N1C2=O. The van der Waals surface area contributed by atoms with Crippen molar-refractivity contribution in [3.8, 4) is 11.5 Å². The molecule has 2 aromatic carbocycles. The fourth-order valence-electron chi connectivity index (χ4n) is 4.78. The smallest absolute Gasteiger partial charge is 0.493 e. The molecule has 0 saturated carbocycles. The van der Waals surface area contributed by atoms with Crippen LogP contribution in [-0.4, -0.2) is 69.5 Å². The Kier molecular flexibility index (Phi) is 8.25. The van der Waals surface area contributed by atoms with Crippen molar-refractivity contribution in [2.45, 2.75) is 57.4 Å². The van der Waals surface area contributed by atoms with Gasteiger partial charge in [-0.15, -0.1) is 0 Å². The molecule has 2 aliphatic heterocycles. The van der Waals surface area contributed by atoms with Crippen molar-refractivity contribution in [2.75, 3.05) is 36.3 Å². The van der Waals surface area contributed by atoms with Gasteiger partial charge in [0, 0.05) is 18.0 Å². The Morgan fingerprint density at radius 2 is 1.73 bits per heavy atom. The molecule has 2 aromatic rings. The summed E-state index contributed by atoms with van der Waals surface area (Å²) in [6.45, 7) is 8.23. The van der Waals surface area contributed by atoms with Crippen molar-refractivity contribution < 1.29 is 41.7 Å². The fraction of sp³-hybridized carbons (Fsp3) is 0.464. The first kappa shape index (κ1) is 30.5. The Bertz CT molecular complexity index is 1480. The maximum atomic E-state index is 14.0. The minimum absolute atomic E-state index is 0.0541. The third-order valence-corrected chi connectivity index (χ3v) is 9.34. The molecular weight excluding hydrogens is 572 g/mol. The molecule has 1 atom stereocenters. The normalized spacial score (nSPS) is 16.8. The number of amides is 2. The van der Waals surface area contributed by atoms with Gasteiger partial charge < -0.3 is 23.8 Å². The molecule has 13 heteroatoms. The Morgan fingerprint density at radius 3 is 2.37 bits per heavy atom. The lowest BCUT2D eigenvalue weighted by atomic mass is 10.1. The number of hydrogen-bond donors (Lipinski definition) is 0. The molecule has 0 fully saturated rings. The highest BCUT2D eigenvalue weighted by atomic mass is 33.1. The summed E-state index contributed by atoms with van der Waals surface area (Å²) in [4.78, 5) is 43.1. The number of hydrogen-bond acceptors (Lipinski definition) is 10. The van der Waals surface area contributed by atoms with Gasteiger partial charge in [0.25, 0.3) is 5.91 Å². The van der Waals surface area contributed by atoms with Crippen LogP contribution in [0.3, 0.4) is 0 Å². The quantitative estimate of drug-likeness (QED) is 0.251. The van der Waals surface area contributed by atoms with Crippen LogP contribution in [0.1, 0.15) is 50.5 Å². The highest BCUT2D eigenvalue weighted by Crippen LogP contribution is 2.43. The molecule has 0 spiro atoms. The number of benzene rings is 2. The molecule has 0 aromatic heterocycles. The molecule has 41 heavy (non-hydrogen) atoms. The Hall–Kier alpha value is -3.45. The molecule has 11 nitrogen and oxygen atoms in total. The van der Waals surface area contributed by atoms with E-state index in [1.165, 1.54) is 24.1 Å². The van der Waals surface area contributed by atoms with E-state index in [0.29, 0.717) is 17.2 Å². The number of methoxy groups -OCH3 is 1. The summed E-state index contributed by atoms with van der Waals surface area (Å²) >= 11 is 0. The molecule has 222 valence electrons. The van der Waals surface area contributed by atoms with Crippen molar-refractivity contribution in [3.63, 3.8) is 0 Å². The number of para-hydroxylation sites is 1. The number of carbonyl (C=O) groups is 3. The lowest BCUT2D eigenvalue weighted by Gasteiger charge is -2.28. The summed E-state index contributed by atoms with van der Waals surface area (Å²) in [6, 6.07) is 9.91. The van der Waals surface area contributed by atoms with Crippen LogP contribution in [0.15, 0.2) is 36.4 Å². The van der Waals surface area contributed by atoms with Gasteiger partial charge in [-0.05, 0) is 69.5 Å². The van der Waals surface area contributed by atoms with E-state index in [-0.39, 0.29) is 41.8 Å². The highest BCUT2D eigenvalue weighted by Gasteiger charge is 2.42. The molecular formula is C28H34N2O9S2. The third-order valence-electron chi connectivity index (χ3n) is 6.21. The summed E-state index contributed by atoms with van der Waals surface area (Å²) in [7, 11) is -1.35. The van der Waals surface area contributed by atoms with Gasteiger partial charge in [-0.25, -0.2) is 18.0 Å². The van der Waals surface area contributed by atoms with Crippen LogP contribution in [0, 0.1) is 0 Å². The minimum atomic E-state index is -3.41. The van der Waals surface area contributed by atoms with Gasteiger partial charge >= 0.3 is 12.2 Å². The van der Waals surface area contributed by atoms with Crippen LogP contribution < -0.4 is 19.3 Å². The van der Waals surface area contributed by atoms with E-state index in [1.807, 2.05) is 24.3 Å². The van der Waals surface area contributed by atoms with Gasteiger partial charge in [0.15, 0.2) is 20.4 Å². The average Bonchev–Trinajstić information content (AvgIpc) is 3.15. The highest BCUT2D eigenvalue weighted by molar-refractivity contribution is 8.72. The number of rotatable bonds is 6. The Balaban J connectivity index is 1.76. The fourth-order valence-corrected chi connectivity index (χ4v) is 8.31. The van der Waals surface area contributed by atoms with Crippen molar-refractivity contribution in [3.05, 3.63) is 47.5 Å². The van der Waals surface area contributed by atoms with Crippen molar-refractivity contribution in [2.24, 2.45) is 0 Å². The van der Waals surface area contributed by atoms with Crippen molar-refractivity contribution in [1.29, 1.82) is 0 Å². The second kappa shape index (κ2) is 11.1. The monoisotopic (exact) mass is 606 g/mol. The summed E-state index contributed by atoms with van der Waals surface area (Å²) in [5.41, 5.74) is 1.17. The zero-order valence-corrected chi connectivity index (χ0v) is 25.7. The third kappa shape index (κ3) is 7.07. The zero-order valence-electron chi connectivity index (χ0n) is 24.0. The van der Waals surface area contributed by atoms with Crippen LogP contribution in [0.5, 0.6) is 11.5 Å². The van der Waals surface area contributed by atoms with E-state index in [9.17, 15) is 22.8 Å². The molecule has 0 saturated heterocycles. The Morgan fingerprint density at radius 1 is 1.05 bits per heavy atom. The van der Waals surface area contributed by atoms with Crippen LogP contribution in [0.4, 0.5) is 21.0 Å². The predicted molar refractivity (Wildman–Crippen MR) is 156 cm³/mol. The number of nitrogens with zero attached hydrogens (tertiary/aromatic N) is 2. The molecule has 2 aliphatic rings. The Labute approximate surface area is 243 Å². The molecule has 0 unspecified atom stereocenters. The number of carbonyl (C=O) groups excluding carboxylic acids is 3. The van der Waals surface area contributed by atoms with E-state index in [2.05, 4.69) is 0 Å². The van der Waals surface area contributed by atoms with Crippen molar-refractivity contribution >= 4 is 49.2 Å². The molecule has 4 rings (SSSR count). The van der Waals surface area contributed by atoms with Gasteiger partial charge in [0.05, 0.1) is 35.7 Å². The molecule has 2 heterocycles. The lowest BCUT2D eigenvalue weighted by molar-refractivity contribution is 0.0201. The van der Waals surface area contributed by atoms with Gasteiger partial charge in [0.1, 0.15) is 12.2 Å². The molecule has 0 N–H and O–H groups in total. The summed E-state index contributed by atoms with van der Waals surface area (Å²) < 4.78 is 44.5. The summed E-state index contributed by atoms with van der Waals surface area (Å²) in [5.74, 6) is -0.324. The van der Waals surface area contributed by atoms with E-state index < -0.39 is 37.5 Å². The van der Waals surface area contributed by atoms with E-state index >= 15 is 0 Å². The zero-order chi connectivity index (χ0) is 30.3. The van der Waals surface area contributed by atoms with Gasteiger partial charge in [0.2, 0.25) is 0 Å². The van der Waals surface area contributed by atoms with Gasteiger partial charge in [-0.1, -0.05) is 18.2 Å². The summed E-state index contributed by atoms with van der Waals surface area (Å²) in [6.07, 6.45) is -0.177. The van der Waals surface area contributed by atoms with Gasteiger partial charge in [-0.2, -0.15) is 0 Å². The average molecular weight is 607 g/mol. The van der Waals surface area contributed by atoms with Crippen LogP contribution in [0.2, 0.25) is 0 Å². The van der Waals surface area contributed by atoms with Crippen LogP contribution in [-0.2, 0) is 24.8 Å². The molecule has 0 radical (unpaired) electrons. The number of fused-ring (bicyclic) bond motifs is 4. The van der Waals surface area contributed by atoms with E-state index in [4.69, 9.17) is 18.9 Å². The van der Waals surface area contributed by atoms with E-state index in [1.54, 1.807) is 39.5 Å². The number of anilines is 2. The summed E-state index contributed by atoms with van der Waals surface area (Å²) in [5, 5.41) is 0. The largest absolute Gasteiger partial charge is 0.514 e. The maximum absolute atomic E-state index is 14.0. The first-order valence-electron chi connectivity index (χ1n) is 12.9. The minimum Gasteiger partial charge on any atom is -0.493 e. The van der Waals surface area contributed by atoms with E-state index in [0.717, 1.165) is 17.5 Å². The molecule has 2 amide bonds. The maximum Gasteiger partial charge on any atom is 0.514 e. The standard InChI is InChI=1S/C28H34N2O9S2/c1-27(2,3)39-26(33)38-23-14-21-19(13-22(23)36-6)24(31)30-18(12-17-10-8-9-11-20(17)30)15-29(21)25(32)37-16-28(4,5)40-41(7,34)35/h8-11,13-14,18H,12,15-16H2,1-7H3/t18-/m0/s1. The number of ether oxygens (including phenoxy) is 4. The first-order chi connectivity index (χ1) is 19.0. The topological polar surface area (TPSA) is 129 Å². The predicted octanol–water partition coefficient (Wildman–Crippen LogP) is 5.01.